The zero-order valence-corrected chi connectivity index (χ0v) is 3.92. The largest absolute Gasteiger partial charge is 0.345 e. The molecule has 0 saturated carbocycles. The van der Waals surface area contributed by atoms with Crippen molar-refractivity contribution in [2.75, 3.05) is 0 Å². The molecule has 1 N–H and O–H groups in total. The van der Waals surface area contributed by atoms with Gasteiger partial charge in [-0.25, -0.2) is 4.21 Å². The first-order valence-electron chi connectivity index (χ1n) is 0.818. The van der Waals surface area contributed by atoms with Crippen molar-refractivity contribution < 1.29 is 9.32 Å². The lowest BCUT2D eigenvalue weighted by Gasteiger charge is -1.61. The molecule has 2 nitrogen and oxygen atoms in total. The molecule has 0 rings (SSSR count). The maximum absolute atomic E-state index is 9.18. The smallest absolute Gasteiger partial charge is 0.198 e. The van der Waals surface area contributed by atoms with Gasteiger partial charge in [-0.05, 0) is 0 Å². The Balaban J connectivity index is 3.60. The third-order valence-electron chi connectivity index (χ3n) is 0.0745. The molecular formula is CH2O2S2. The van der Waals surface area contributed by atoms with Gasteiger partial charge >= 0.3 is 0 Å². The molecule has 0 amide bonds. The predicted octanol–water partition coefficient (Wildman–Crippen LogP) is -0.225. The van der Waals surface area contributed by atoms with Crippen LogP contribution >= 0.6 is 12.6 Å². The Hall–Kier alpha value is 0.200. The van der Waals surface area contributed by atoms with Crippen molar-refractivity contribution in [3.63, 3.8) is 0 Å². The van der Waals surface area contributed by atoms with E-state index in [1.54, 1.807) is 0 Å². The summed E-state index contributed by atoms with van der Waals surface area (Å²) in [4.78, 5) is 0. The Morgan fingerprint density at radius 3 is 2.20 bits per heavy atom. The molecule has 0 bridgehead atoms. The third kappa shape index (κ3) is 4.20. The van der Waals surface area contributed by atoms with E-state index in [-0.39, 0.29) is 11.3 Å². The number of aliphatic hydroxyl groups excluding tert-OH is 1. The van der Waals surface area contributed by atoms with Gasteiger partial charge in [0.25, 0.3) is 0 Å². The van der Waals surface area contributed by atoms with Gasteiger partial charge in [0.05, 0.1) is 0 Å². The minimum absolute atomic E-state index is 0.0340. The predicted molar refractivity (Wildman–Crippen MR) is 24.8 cm³/mol. The monoisotopic (exact) mass is 110 g/mol. The van der Waals surface area contributed by atoms with E-state index in [0.29, 0.717) is 0 Å². The second-order valence-corrected chi connectivity index (χ2v) is 1.65. The summed E-state index contributed by atoms with van der Waals surface area (Å²) in [6.45, 7) is 0. The van der Waals surface area contributed by atoms with Crippen LogP contribution in [0.5, 0.6) is 0 Å². The number of rotatable bonds is 0. The average Bonchev–Trinajstić information content (AvgIpc) is 1.38. The number of aliphatic hydroxyl groups is 1. The second kappa shape index (κ2) is 2.44. The molecule has 0 heterocycles. The fourth-order valence-electron chi connectivity index (χ4n) is 0. The van der Waals surface area contributed by atoms with Gasteiger partial charge in [-0.3, -0.25) is 0 Å². The van der Waals surface area contributed by atoms with Crippen LogP contribution in [0.3, 0.4) is 0 Å². The lowest BCUT2D eigenvalue weighted by atomic mass is 11.7. The van der Waals surface area contributed by atoms with Gasteiger partial charge in [0, 0.05) is 0 Å². The topological polar surface area (TPSA) is 37.3 Å². The van der Waals surface area contributed by atoms with Gasteiger partial charge in [-0.2, -0.15) is 0 Å². The van der Waals surface area contributed by atoms with Gasteiger partial charge < -0.3 is 5.11 Å². The third-order valence-corrected chi connectivity index (χ3v) is 0.447. The molecule has 0 aromatic rings. The highest BCUT2D eigenvalue weighted by atomic mass is 32.2. The molecule has 0 fully saturated rings. The molecule has 0 unspecified atom stereocenters. The van der Waals surface area contributed by atoms with Crippen LogP contribution < -0.4 is 0 Å². The van der Waals surface area contributed by atoms with E-state index in [1.165, 1.54) is 0 Å². The lowest BCUT2D eigenvalue weighted by Crippen LogP contribution is -1.74. The van der Waals surface area contributed by atoms with E-state index in [2.05, 4.69) is 12.6 Å². The first-order chi connectivity index (χ1) is 2.27. The van der Waals surface area contributed by atoms with E-state index in [0.717, 1.165) is 0 Å². The van der Waals surface area contributed by atoms with Crippen LogP contribution in [0.1, 0.15) is 0 Å². The maximum Gasteiger partial charge on any atom is 0.198 e. The molecule has 0 spiro atoms. The number of hydrogen-bond acceptors (Lipinski definition) is 1. The molecule has 0 aromatic heterocycles. The van der Waals surface area contributed by atoms with Gasteiger partial charge in [0.15, 0.2) is 4.38 Å². The van der Waals surface area contributed by atoms with E-state index in [1.807, 2.05) is 0 Å². The Labute approximate surface area is 38.3 Å². The van der Waals surface area contributed by atoms with Crippen LogP contribution in [-0.4, -0.2) is 13.7 Å². The molecule has 5 heavy (non-hydrogen) atoms. The summed E-state index contributed by atoms with van der Waals surface area (Å²) in [5, 5.41) is 7.79. The molecular weight excluding hydrogens is 108 g/mol. The Morgan fingerprint density at radius 2 is 2.20 bits per heavy atom. The summed E-state index contributed by atoms with van der Waals surface area (Å²) in [5.74, 6) is 0. The van der Waals surface area contributed by atoms with Crippen molar-refractivity contribution in [2.24, 2.45) is 0 Å². The van der Waals surface area contributed by atoms with E-state index in [4.69, 9.17) is 5.11 Å². The molecule has 30 valence electrons. The van der Waals surface area contributed by atoms with Crippen molar-refractivity contribution in [1.82, 2.24) is 0 Å². The number of thiol groups is 1. The minimum Gasteiger partial charge on any atom is -0.345 e. The van der Waals surface area contributed by atoms with Crippen molar-refractivity contribution in [1.29, 1.82) is 0 Å². The van der Waals surface area contributed by atoms with Gasteiger partial charge in [0.1, 0.15) is 11.3 Å². The highest BCUT2D eigenvalue weighted by molar-refractivity contribution is 8.06. The average molecular weight is 110 g/mol. The summed E-state index contributed by atoms with van der Waals surface area (Å²) < 4.78 is 8.74. The summed E-state index contributed by atoms with van der Waals surface area (Å²) in [6, 6.07) is 0. The fourth-order valence-corrected chi connectivity index (χ4v) is 0. The van der Waals surface area contributed by atoms with E-state index >= 15 is 0 Å². The van der Waals surface area contributed by atoms with Crippen molar-refractivity contribution in [3.05, 3.63) is 0 Å². The van der Waals surface area contributed by atoms with Crippen LogP contribution in [0.15, 0.2) is 0 Å². The lowest BCUT2D eigenvalue weighted by molar-refractivity contribution is 0.583. The first-order valence-corrected chi connectivity index (χ1v) is 2.01. The zero-order valence-electron chi connectivity index (χ0n) is 2.21. The molecule has 4 heteroatoms. The molecule has 0 atom stereocenters. The maximum atomic E-state index is 9.18. The van der Waals surface area contributed by atoms with Crippen molar-refractivity contribution in [3.8, 4) is 0 Å². The second-order valence-electron chi connectivity index (χ2n) is 0.366. The van der Waals surface area contributed by atoms with Crippen molar-refractivity contribution >= 4 is 28.3 Å². The van der Waals surface area contributed by atoms with Crippen molar-refractivity contribution in [2.45, 2.75) is 0 Å². The number of hydrogen-bond donors (Lipinski definition) is 2. The summed E-state index contributed by atoms with van der Waals surface area (Å²) in [5.41, 5.74) is 0. The van der Waals surface area contributed by atoms with Gasteiger partial charge in [-0.1, -0.05) is 0 Å². The summed E-state index contributed by atoms with van der Waals surface area (Å²) >= 11 is 3.19. The normalized spacial score (nSPS) is 6.80. The van der Waals surface area contributed by atoms with Gasteiger partial charge in [0.2, 0.25) is 0 Å². The Bertz CT molecular complexity index is 67.7. The quantitative estimate of drug-likeness (QED) is 0.334. The first kappa shape index (κ1) is 5.20. The van der Waals surface area contributed by atoms with Gasteiger partial charge in [-0.15, -0.1) is 12.6 Å². The van der Waals surface area contributed by atoms with Crippen LogP contribution in [0.4, 0.5) is 0 Å². The fraction of sp³-hybridized carbons (Fsp3) is 0. The van der Waals surface area contributed by atoms with Crippen LogP contribution in [0, 0.1) is 0 Å². The van der Waals surface area contributed by atoms with Crippen LogP contribution in [0.25, 0.3) is 0 Å². The highest BCUT2D eigenvalue weighted by Crippen LogP contribution is 1.63. The molecule has 0 radical (unpaired) electrons. The molecule has 0 aliphatic heterocycles. The highest BCUT2D eigenvalue weighted by Gasteiger charge is 1.66. The summed E-state index contributed by atoms with van der Waals surface area (Å²) in [7, 11) is 0. The molecule has 0 aromatic carbocycles. The van der Waals surface area contributed by atoms with E-state index in [9.17, 15) is 4.21 Å². The minimum atomic E-state index is -0.440. The summed E-state index contributed by atoms with van der Waals surface area (Å²) in [6.07, 6.45) is 0. The zero-order chi connectivity index (χ0) is 4.28. The van der Waals surface area contributed by atoms with Crippen LogP contribution in [0.2, 0.25) is 0 Å². The SMILES string of the molecule is O=S=C(O)S. The molecule has 0 aliphatic rings. The Morgan fingerprint density at radius 1 is 2.00 bits per heavy atom. The molecule has 0 aliphatic carbocycles. The Kier molecular flexibility index (Phi) is 2.54. The molecule has 0 saturated heterocycles. The van der Waals surface area contributed by atoms with Crippen LogP contribution in [-0.2, 0) is 11.3 Å². The standard InChI is InChI=1S/CH2O2S2/c2-1(4)5-3/h2,4H. The van der Waals surface area contributed by atoms with E-state index < -0.39 is 4.38 Å².